The van der Waals surface area contributed by atoms with E-state index in [1.54, 1.807) is 31.2 Å². The number of hydrogen-bond donors (Lipinski definition) is 2. The average Bonchev–Trinajstić information content (AvgIpc) is 4.02. The van der Waals surface area contributed by atoms with Crippen LogP contribution < -0.4 is 0 Å². The summed E-state index contributed by atoms with van der Waals surface area (Å²) in [7, 11) is 0. The molecule has 55 heavy (non-hydrogen) atoms. The Hall–Kier alpha value is -6.62. The number of esters is 1. The molecule has 8 bridgehead atoms. The molecule has 0 saturated heterocycles. The number of H-pyrrole nitrogens is 2. The summed E-state index contributed by atoms with van der Waals surface area (Å²) in [5.41, 5.74) is 6.65. The topological polar surface area (TPSA) is 83.7 Å². The largest absolute Gasteiger partial charge is 0.466 e. The van der Waals surface area contributed by atoms with Gasteiger partial charge >= 0.3 is 5.97 Å². The van der Waals surface area contributed by atoms with Crippen molar-refractivity contribution in [1.82, 2.24) is 19.9 Å². The second-order valence-corrected chi connectivity index (χ2v) is 13.3. The monoisotopic (exact) mass is 742 g/mol. The fourth-order valence-electron chi connectivity index (χ4n) is 6.94. The number of nitrogens with zero attached hydrogens (tertiary/aromatic N) is 2. The summed E-state index contributed by atoms with van der Waals surface area (Å²) in [5, 5.41) is 0. The number of aryl methyl sites for hydroxylation is 2. The van der Waals surface area contributed by atoms with Crippen molar-refractivity contribution in [3.05, 3.63) is 141 Å². The lowest BCUT2D eigenvalue weighted by molar-refractivity contribution is -0.142. The number of aromatic amines is 2. The van der Waals surface area contributed by atoms with Crippen molar-refractivity contribution in [3.8, 4) is 33.4 Å². The Morgan fingerprint density at radius 3 is 1.44 bits per heavy atom. The molecule has 0 radical (unpaired) electrons. The van der Waals surface area contributed by atoms with Crippen molar-refractivity contribution in [1.29, 1.82) is 0 Å². The number of carbonyl (C=O) groups excluding carboxylic acids is 1. The molecule has 6 nitrogen and oxygen atoms in total. The van der Waals surface area contributed by atoms with E-state index in [-0.39, 0.29) is 29.8 Å². The molecule has 0 saturated carbocycles. The van der Waals surface area contributed by atoms with Gasteiger partial charge in [-0.2, -0.15) is 0 Å². The van der Waals surface area contributed by atoms with Gasteiger partial charge in [0.25, 0.3) is 0 Å². The molecule has 2 aliphatic heterocycles. The first-order valence-electron chi connectivity index (χ1n) is 17.5. The van der Waals surface area contributed by atoms with Gasteiger partial charge in [0, 0.05) is 44.3 Å². The molecule has 274 valence electrons. The van der Waals surface area contributed by atoms with Crippen LogP contribution >= 0.6 is 0 Å². The van der Waals surface area contributed by atoms with E-state index in [2.05, 4.69) is 9.97 Å². The summed E-state index contributed by atoms with van der Waals surface area (Å²) in [6.07, 6.45) is 6.60. The molecule has 8 rings (SSSR count). The predicted molar refractivity (Wildman–Crippen MR) is 205 cm³/mol. The van der Waals surface area contributed by atoms with Gasteiger partial charge in [0.2, 0.25) is 5.82 Å². The first-order valence-corrected chi connectivity index (χ1v) is 17.5. The minimum Gasteiger partial charge on any atom is -0.466 e. The van der Waals surface area contributed by atoms with Crippen molar-refractivity contribution in [2.45, 2.75) is 27.2 Å². The molecule has 3 aromatic heterocycles. The Morgan fingerprint density at radius 2 is 0.927 bits per heavy atom. The number of nitrogens with one attached hydrogen (secondary N) is 2. The minimum absolute atomic E-state index is 0.0416. The van der Waals surface area contributed by atoms with Gasteiger partial charge in [-0.3, -0.25) is 4.79 Å². The van der Waals surface area contributed by atoms with E-state index in [0.717, 1.165) is 22.3 Å². The molecule has 11 heteroatoms. The highest BCUT2D eigenvalue weighted by Gasteiger charge is 2.30. The van der Waals surface area contributed by atoms with Crippen LogP contribution in [0.1, 0.15) is 46.4 Å². The molecular formula is C44H31F5N4O2. The maximum atomic E-state index is 15.8. The predicted octanol–water partition coefficient (Wildman–Crippen LogP) is 11.1. The average molecular weight is 743 g/mol. The summed E-state index contributed by atoms with van der Waals surface area (Å²) in [6.45, 7) is 5.81. The third kappa shape index (κ3) is 6.31. The van der Waals surface area contributed by atoms with Gasteiger partial charge in [0.1, 0.15) is 0 Å². The summed E-state index contributed by atoms with van der Waals surface area (Å²) in [4.78, 5) is 29.5. The SMILES string of the molecule is CCOC(=O)Cc1c2nc(c(-c3ccc(C)cc3)c3ccc([nH]3)c(-c3c(F)c(F)c(F)c(F)c3F)c3nc(c(-c4ccc(C)cc4)c4ccc1[nH]4)C=C3)C=C2. The molecule has 5 heterocycles. The van der Waals surface area contributed by atoms with E-state index in [9.17, 15) is 18.0 Å². The number of carbonyl (C=O) groups is 1. The Labute approximate surface area is 311 Å². The second-order valence-electron chi connectivity index (χ2n) is 13.3. The summed E-state index contributed by atoms with van der Waals surface area (Å²) in [6, 6.07) is 22.0. The van der Waals surface area contributed by atoms with Gasteiger partial charge in [-0.05, 0) is 80.5 Å². The summed E-state index contributed by atoms with van der Waals surface area (Å²) < 4.78 is 81.1. The van der Waals surface area contributed by atoms with E-state index in [1.807, 2.05) is 74.5 Å². The van der Waals surface area contributed by atoms with Crippen molar-refractivity contribution in [2.24, 2.45) is 0 Å². The quantitative estimate of drug-likeness (QED) is 0.0769. The molecule has 2 N–H and O–H groups in total. The molecule has 0 fully saturated rings. The van der Waals surface area contributed by atoms with Crippen LogP contribution in [0, 0.1) is 42.9 Å². The third-order valence-electron chi connectivity index (χ3n) is 9.63. The number of benzene rings is 3. The van der Waals surface area contributed by atoms with E-state index in [4.69, 9.17) is 14.7 Å². The highest BCUT2D eigenvalue weighted by molar-refractivity contribution is 5.98. The fraction of sp³-hybridized carbons (Fsp3) is 0.114. The zero-order valence-corrected chi connectivity index (χ0v) is 29.8. The smallest absolute Gasteiger partial charge is 0.310 e. The van der Waals surface area contributed by atoms with Gasteiger partial charge in [0.15, 0.2) is 23.3 Å². The van der Waals surface area contributed by atoms with Crippen LogP contribution in [0.2, 0.25) is 0 Å². The molecule has 0 amide bonds. The number of aromatic nitrogens is 4. The highest BCUT2D eigenvalue weighted by atomic mass is 19.2. The molecular weight excluding hydrogens is 711 g/mol. The van der Waals surface area contributed by atoms with Crippen LogP contribution in [0.25, 0.3) is 79.8 Å². The zero-order valence-electron chi connectivity index (χ0n) is 29.8. The lowest BCUT2D eigenvalue weighted by atomic mass is 10.0. The van der Waals surface area contributed by atoms with E-state index in [1.165, 1.54) is 12.1 Å². The number of halogens is 5. The van der Waals surface area contributed by atoms with Gasteiger partial charge in [-0.25, -0.2) is 31.9 Å². The first kappa shape index (κ1) is 35.4. The summed E-state index contributed by atoms with van der Waals surface area (Å²) in [5.74, 6) is -10.8. The molecule has 3 aromatic carbocycles. The van der Waals surface area contributed by atoms with Crippen molar-refractivity contribution in [3.63, 3.8) is 0 Å². The number of fused-ring (bicyclic) bond motifs is 8. The molecule has 0 aliphatic carbocycles. The summed E-state index contributed by atoms with van der Waals surface area (Å²) >= 11 is 0. The normalized spacial score (nSPS) is 12.1. The van der Waals surface area contributed by atoms with Crippen LogP contribution in [-0.2, 0) is 16.0 Å². The lowest BCUT2D eigenvalue weighted by Gasteiger charge is -2.10. The van der Waals surface area contributed by atoms with Gasteiger partial charge < -0.3 is 14.7 Å². The van der Waals surface area contributed by atoms with Crippen molar-refractivity contribution >= 4 is 52.3 Å². The highest BCUT2D eigenvalue weighted by Crippen LogP contribution is 2.40. The molecule has 0 unspecified atom stereocenters. The first-order chi connectivity index (χ1) is 26.5. The number of hydrogen-bond acceptors (Lipinski definition) is 4. The molecule has 0 spiro atoms. The van der Waals surface area contributed by atoms with E-state index >= 15 is 8.78 Å². The maximum Gasteiger partial charge on any atom is 0.310 e. The lowest BCUT2D eigenvalue weighted by Crippen LogP contribution is -2.08. The van der Waals surface area contributed by atoms with Gasteiger partial charge in [-0.15, -0.1) is 0 Å². The van der Waals surface area contributed by atoms with E-state index in [0.29, 0.717) is 50.3 Å². The number of rotatable bonds is 6. The zero-order chi connectivity index (χ0) is 38.5. The Bertz CT molecular complexity index is 2710. The number of ether oxygens (including phenoxy) is 1. The van der Waals surface area contributed by atoms with Crippen LogP contribution in [-0.4, -0.2) is 32.5 Å². The van der Waals surface area contributed by atoms with Crippen LogP contribution in [0.5, 0.6) is 0 Å². The van der Waals surface area contributed by atoms with Crippen molar-refractivity contribution < 1.29 is 31.5 Å². The minimum atomic E-state index is -2.26. The second kappa shape index (κ2) is 14.0. The Morgan fingerprint density at radius 1 is 0.527 bits per heavy atom. The Balaban J connectivity index is 1.58. The molecule has 2 aliphatic rings. The molecule has 6 aromatic rings. The Kier molecular flexibility index (Phi) is 9.00. The standard InChI is InChI=1S/C44H31F5N4O2/c1-4-55-35(54)21-26-27-13-15-29(50-27)36(24-9-5-22(2)6-10-24)31-17-19-33(52-31)38(39-40(45)42(47)44(49)43(48)41(39)46)34-20-18-32(53-34)37(30-16-14-28(26)51-30)25-11-7-23(3)8-12-25/h5-20,50,53H,4,21H2,1-3H3. The molecule has 0 atom stereocenters. The fourth-order valence-corrected chi connectivity index (χ4v) is 6.94. The van der Waals surface area contributed by atoms with Crippen LogP contribution in [0.15, 0.2) is 72.8 Å². The van der Waals surface area contributed by atoms with E-state index < -0.39 is 40.6 Å². The van der Waals surface area contributed by atoms with Crippen LogP contribution in [0.3, 0.4) is 0 Å². The van der Waals surface area contributed by atoms with Gasteiger partial charge in [0.05, 0.1) is 41.4 Å². The van der Waals surface area contributed by atoms with Crippen molar-refractivity contribution in [2.75, 3.05) is 6.61 Å². The van der Waals surface area contributed by atoms with Gasteiger partial charge in [-0.1, -0.05) is 59.7 Å². The maximum absolute atomic E-state index is 15.8. The third-order valence-corrected chi connectivity index (χ3v) is 9.63. The van der Waals surface area contributed by atoms with Crippen LogP contribution in [0.4, 0.5) is 22.0 Å².